The van der Waals surface area contributed by atoms with Gasteiger partial charge in [-0.05, 0) is 24.8 Å². The Balaban J connectivity index is 0.000000648. The van der Waals surface area contributed by atoms with E-state index in [-0.39, 0.29) is 11.1 Å². The minimum Gasteiger partial charge on any atom is -0.481 e. The van der Waals surface area contributed by atoms with Crippen LogP contribution in [0.25, 0.3) is 0 Å². The minimum absolute atomic E-state index is 0.0724. The number of nitrogens with zero attached hydrogens (tertiary/aromatic N) is 2. The predicted octanol–water partition coefficient (Wildman–Crippen LogP) is 3.10. The Morgan fingerprint density at radius 2 is 2.12 bits per heavy atom. The normalized spacial score (nSPS) is 17.9. The molecule has 0 spiro atoms. The number of anilines is 1. The number of hydrogen-bond acceptors (Lipinski definition) is 5. The lowest BCUT2D eigenvalue weighted by Crippen LogP contribution is -2.50. The van der Waals surface area contributed by atoms with Gasteiger partial charge in [-0.25, -0.2) is 4.98 Å². The molecule has 2 heterocycles. The van der Waals surface area contributed by atoms with Crippen molar-refractivity contribution in [1.29, 1.82) is 0 Å². The summed E-state index contributed by atoms with van der Waals surface area (Å²) < 4.78 is 38.8. The van der Waals surface area contributed by atoms with E-state index >= 15 is 0 Å². The Morgan fingerprint density at radius 1 is 1.50 bits per heavy atom. The van der Waals surface area contributed by atoms with Gasteiger partial charge in [-0.2, -0.15) is 13.2 Å². The number of carboxylic acid groups (broad SMARTS) is 1. The fourth-order valence-corrected chi connectivity index (χ4v) is 3.01. The van der Waals surface area contributed by atoms with Crippen molar-refractivity contribution in [2.45, 2.75) is 38.0 Å². The lowest BCUT2D eigenvalue weighted by Gasteiger charge is -2.35. The highest BCUT2D eigenvalue weighted by atomic mass is 32.2. The smallest absolute Gasteiger partial charge is 0.419 e. The highest BCUT2D eigenvalue weighted by molar-refractivity contribution is 7.99. The quantitative estimate of drug-likeness (QED) is 0.803. The van der Waals surface area contributed by atoms with Gasteiger partial charge in [0.25, 0.3) is 5.97 Å². The molecule has 5 nitrogen and oxygen atoms in total. The van der Waals surface area contributed by atoms with Crippen LogP contribution < -0.4 is 10.2 Å². The van der Waals surface area contributed by atoms with Crippen LogP contribution in [0.3, 0.4) is 0 Å². The molecule has 1 saturated heterocycles. The van der Waals surface area contributed by atoms with E-state index in [2.05, 4.69) is 15.2 Å². The van der Waals surface area contributed by atoms with Gasteiger partial charge in [0.2, 0.25) is 0 Å². The summed E-state index contributed by atoms with van der Waals surface area (Å²) in [6.45, 7) is 7.35. The van der Waals surface area contributed by atoms with Crippen LogP contribution in [0.2, 0.25) is 0 Å². The second-order valence-electron chi connectivity index (χ2n) is 5.22. The summed E-state index contributed by atoms with van der Waals surface area (Å²) in [6, 6.07) is 2.85. The summed E-state index contributed by atoms with van der Waals surface area (Å²) in [5.41, 5.74) is -0.643. The van der Waals surface area contributed by atoms with E-state index in [0.717, 1.165) is 44.4 Å². The molecule has 0 aliphatic carbocycles. The third-order valence-corrected chi connectivity index (χ3v) is 4.10. The Morgan fingerprint density at radius 3 is 2.62 bits per heavy atom. The first-order valence-electron chi connectivity index (χ1n) is 7.54. The molecule has 136 valence electrons. The highest BCUT2D eigenvalue weighted by Gasteiger charge is 2.35. The molecule has 1 aliphatic rings. The number of aromatic nitrogens is 1. The van der Waals surface area contributed by atoms with Gasteiger partial charge in [-0.1, -0.05) is 6.92 Å². The molecular weight excluding hydrogens is 343 g/mol. The topological polar surface area (TPSA) is 65.5 Å². The molecule has 0 bridgehead atoms. The highest BCUT2D eigenvalue weighted by Crippen LogP contribution is 2.37. The van der Waals surface area contributed by atoms with E-state index in [1.165, 1.54) is 6.07 Å². The first-order chi connectivity index (χ1) is 11.2. The SMILES string of the molecule is CC(=O)O.CCSc1nc(N2CCNC[C@H]2C)ccc1C(F)(F)F. The molecule has 2 rings (SSSR count). The first-order valence-corrected chi connectivity index (χ1v) is 8.53. The van der Waals surface area contributed by atoms with Gasteiger partial charge in [0, 0.05) is 32.6 Å². The van der Waals surface area contributed by atoms with Gasteiger partial charge in [-0.15, -0.1) is 11.8 Å². The van der Waals surface area contributed by atoms with Crippen LogP contribution >= 0.6 is 11.8 Å². The number of nitrogens with one attached hydrogen (secondary N) is 1. The number of carboxylic acids is 1. The van der Waals surface area contributed by atoms with Crippen molar-refractivity contribution in [2.75, 3.05) is 30.3 Å². The van der Waals surface area contributed by atoms with Crippen LogP contribution in [-0.2, 0) is 11.0 Å². The van der Waals surface area contributed by atoms with E-state index in [1.807, 2.05) is 13.8 Å². The second kappa shape index (κ2) is 9.12. The van der Waals surface area contributed by atoms with Crippen molar-refractivity contribution < 1.29 is 23.1 Å². The van der Waals surface area contributed by atoms with Gasteiger partial charge >= 0.3 is 6.18 Å². The van der Waals surface area contributed by atoms with E-state index in [9.17, 15) is 13.2 Å². The number of carbonyl (C=O) groups is 1. The summed E-state index contributed by atoms with van der Waals surface area (Å²) in [4.78, 5) is 15.3. The van der Waals surface area contributed by atoms with E-state index in [1.54, 1.807) is 0 Å². The third kappa shape index (κ3) is 6.20. The number of alkyl halides is 3. The minimum atomic E-state index is -4.35. The number of piperazine rings is 1. The van der Waals surface area contributed by atoms with Gasteiger partial charge in [0.05, 0.1) is 5.56 Å². The van der Waals surface area contributed by atoms with Crippen LogP contribution in [0.15, 0.2) is 17.2 Å². The monoisotopic (exact) mass is 365 g/mol. The zero-order valence-electron chi connectivity index (χ0n) is 13.9. The number of aliphatic carboxylic acids is 1. The fourth-order valence-electron chi connectivity index (χ4n) is 2.23. The van der Waals surface area contributed by atoms with Gasteiger partial charge in [0.15, 0.2) is 0 Å². The van der Waals surface area contributed by atoms with Crippen LogP contribution in [0, 0.1) is 0 Å². The van der Waals surface area contributed by atoms with Gasteiger partial charge in [0.1, 0.15) is 10.8 Å². The largest absolute Gasteiger partial charge is 0.481 e. The molecule has 0 saturated carbocycles. The van der Waals surface area contributed by atoms with E-state index < -0.39 is 17.7 Å². The van der Waals surface area contributed by atoms with Crippen molar-refractivity contribution in [3.05, 3.63) is 17.7 Å². The average Bonchev–Trinajstić information content (AvgIpc) is 2.46. The number of thioether (sulfide) groups is 1. The number of halogens is 3. The molecule has 24 heavy (non-hydrogen) atoms. The Labute approximate surface area is 143 Å². The molecule has 1 atom stereocenters. The van der Waals surface area contributed by atoms with Gasteiger partial charge < -0.3 is 15.3 Å². The first kappa shape index (κ1) is 20.6. The Kier molecular flexibility index (Phi) is 7.82. The second-order valence-corrected chi connectivity index (χ2v) is 6.47. The van der Waals surface area contributed by atoms with Crippen LogP contribution in [-0.4, -0.2) is 47.5 Å². The molecule has 0 amide bonds. The molecule has 2 N–H and O–H groups in total. The zero-order valence-corrected chi connectivity index (χ0v) is 14.7. The molecule has 1 aromatic rings. The van der Waals surface area contributed by atoms with E-state index in [0.29, 0.717) is 11.6 Å². The predicted molar refractivity (Wildman–Crippen MR) is 88.6 cm³/mol. The van der Waals surface area contributed by atoms with Crippen LogP contribution in [0.4, 0.5) is 19.0 Å². The van der Waals surface area contributed by atoms with Crippen molar-refractivity contribution in [1.82, 2.24) is 10.3 Å². The standard InChI is InChI=1S/C13H18F3N3S.C2H4O2/c1-3-20-12-10(13(14,15)16)4-5-11(18-12)19-7-6-17-8-9(19)2;1-2(3)4/h4-5,9,17H,3,6-8H2,1-2H3;1H3,(H,3,4)/t9-;/m1./s1. The molecule has 0 radical (unpaired) electrons. The molecule has 9 heteroatoms. The van der Waals surface area contributed by atoms with E-state index in [4.69, 9.17) is 9.90 Å². The zero-order chi connectivity index (χ0) is 18.3. The number of pyridine rings is 1. The fraction of sp³-hybridized carbons (Fsp3) is 0.600. The lowest BCUT2D eigenvalue weighted by molar-refractivity contribution is -0.140. The van der Waals surface area contributed by atoms with Gasteiger partial charge in [-0.3, -0.25) is 4.79 Å². The molecule has 1 aliphatic heterocycles. The maximum atomic E-state index is 12.9. The van der Waals surface area contributed by atoms with Crippen molar-refractivity contribution in [3.63, 3.8) is 0 Å². The summed E-state index contributed by atoms with van der Waals surface area (Å²) in [5.74, 6) is 0.361. The maximum absolute atomic E-state index is 12.9. The lowest BCUT2D eigenvalue weighted by atomic mass is 10.2. The third-order valence-electron chi connectivity index (χ3n) is 3.23. The van der Waals surface area contributed by atoms with Crippen LogP contribution in [0.1, 0.15) is 26.3 Å². The summed E-state index contributed by atoms with van der Waals surface area (Å²) >= 11 is 1.13. The van der Waals surface area contributed by atoms with Crippen molar-refractivity contribution >= 4 is 23.5 Å². The molecular formula is C15H22F3N3O2S. The summed E-state index contributed by atoms with van der Waals surface area (Å²) in [5, 5.41) is 10.7. The Bertz CT molecular complexity index is 551. The Hall–Kier alpha value is -1.48. The average molecular weight is 365 g/mol. The maximum Gasteiger partial charge on any atom is 0.419 e. The molecule has 0 unspecified atom stereocenters. The number of hydrogen-bond donors (Lipinski definition) is 2. The molecule has 1 fully saturated rings. The molecule has 0 aromatic carbocycles. The van der Waals surface area contributed by atoms with Crippen molar-refractivity contribution in [3.8, 4) is 0 Å². The van der Waals surface area contributed by atoms with Crippen molar-refractivity contribution in [2.24, 2.45) is 0 Å². The number of rotatable bonds is 3. The summed E-state index contributed by atoms with van der Waals surface area (Å²) in [6.07, 6.45) is -4.35. The summed E-state index contributed by atoms with van der Waals surface area (Å²) in [7, 11) is 0. The molecule has 1 aromatic heterocycles. The van der Waals surface area contributed by atoms with Crippen LogP contribution in [0.5, 0.6) is 0 Å².